The van der Waals surface area contributed by atoms with Gasteiger partial charge in [0.1, 0.15) is 5.01 Å². The number of nitrogens with one attached hydrogen (secondary N) is 2. The van der Waals surface area contributed by atoms with Gasteiger partial charge in [0.2, 0.25) is 10.0 Å². The number of hydrogen-bond acceptors (Lipinski definition) is 6. The van der Waals surface area contributed by atoms with E-state index in [0.717, 1.165) is 10.7 Å². The molecule has 0 fully saturated rings. The Morgan fingerprint density at radius 1 is 1.36 bits per heavy atom. The number of fused-ring (bicyclic) bond motifs is 1. The Kier molecular flexibility index (Phi) is 4.81. The largest absolute Gasteiger partial charge is 0.417 e. The van der Waals surface area contributed by atoms with Gasteiger partial charge in [-0.25, -0.2) is 22.9 Å². The maximum Gasteiger partial charge on any atom is 0.417 e. The summed E-state index contributed by atoms with van der Waals surface area (Å²) in [5.41, 5.74) is 1.53. The Labute approximate surface area is 149 Å². The van der Waals surface area contributed by atoms with Gasteiger partial charge in [-0.3, -0.25) is 4.98 Å². The first-order valence-corrected chi connectivity index (χ1v) is 10.2. The smallest absolute Gasteiger partial charge is 0.408 e. The van der Waals surface area contributed by atoms with Crippen molar-refractivity contribution in [2.45, 2.75) is 38.1 Å². The van der Waals surface area contributed by atoms with E-state index < -0.39 is 21.8 Å². The third-order valence-corrected chi connectivity index (χ3v) is 6.19. The molecule has 1 atom stereocenters. The Bertz CT molecular complexity index is 1050. The number of benzene rings is 1. The van der Waals surface area contributed by atoms with E-state index in [-0.39, 0.29) is 10.5 Å². The number of H-pyrrole nitrogens is 1. The predicted molar refractivity (Wildman–Crippen MR) is 96.2 cm³/mol. The number of oxazole rings is 1. The minimum absolute atomic E-state index is 0.0461. The number of nitrogens with zero attached hydrogens (tertiary/aromatic N) is 1. The van der Waals surface area contributed by atoms with Gasteiger partial charge in [-0.05, 0) is 31.4 Å². The molecule has 0 aliphatic heterocycles. The second kappa shape index (κ2) is 6.74. The van der Waals surface area contributed by atoms with Crippen molar-refractivity contribution in [3.63, 3.8) is 0 Å². The number of hydrogen-bond donors (Lipinski definition) is 2. The van der Waals surface area contributed by atoms with E-state index in [1.807, 2.05) is 26.2 Å². The molecule has 0 radical (unpaired) electrons. The molecule has 9 heteroatoms. The topological polar surface area (TPSA) is 105 Å². The van der Waals surface area contributed by atoms with Gasteiger partial charge in [0.05, 0.1) is 16.5 Å². The van der Waals surface area contributed by atoms with Crippen LogP contribution < -0.4 is 10.5 Å². The maximum absolute atomic E-state index is 12.8. The van der Waals surface area contributed by atoms with Crippen LogP contribution in [0.15, 0.2) is 37.7 Å². The van der Waals surface area contributed by atoms with E-state index in [1.54, 1.807) is 0 Å². The van der Waals surface area contributed by atoms with Crippen LogP contribution in [0.1, 0.15) is 37.0 Å². The summed E-state index contributed by atoms with van der Waals surface area (Å²) in [6.07, 6.45) is 0.633. The van der Waals surface area contributed by atoms with Gasteiger partial charge in [-0.1, -0.05) is 13.8 Å². The first-order valence-electron chi connectivity index (χ1n) is 7.82. The van der Waals surface area contributed by atoms with Crippen molar-refractivity contribution in [3.05, 3.63) is 44.8 Å². The van der Waals surface area contributed by atoms with Crippen molar-refractivity contribution in [1.82, 2.24) is 14.7 Å². The summed E-state index contributed by atoms with van der Waals surface area (Å²) in [7, 11) is -3.79. The highest BCUT2D eigenvalue weighted by Gasteiger charge is 2.25. The molecule has 0 spiro atoms. The van der Waals surface area contributed by atoms with Gasteiger partial charge >= 0.3 is 5.76 Å². The minimum atomic E-state index is -3.79. The molecule has 134 valence electrons. The number of aryl methyl sites for hydroxylation is 1. The van der Waals surface area contributed by atoms with Crippen LogP contribution in [0.25, 0.3) is 11.1 Å². The fourth-order valence-electron chi connectivity index (χ4n) is 2.55. The van der Waals surface area contributed by atoms with Crippen LogP contribution in [0.3, 0.4) is 0 Å². The number of aromatic nitrogens is 2. The van der Waals surface area contributed by atoms with E-state index >= 15 is 0 Å². The molecule has 0 saturated heterocycles. The molecule has 2 aromatic heterocycles. The summed E-state index contributed by atoms with van der Waals surface area (Å²) in [6, 6.07) is 3.89. The highest BCUT2D eigenvalue weighted by atomic mass is 32.2. The molecule has 0 amide bonds. The van der Waals surface area contributed by atoms with Crippen LogP contribution in [-0.2, 0) is 10.0 Å². The number of aromatic amines is 1. The van der Waals surface area contributed by atoms with E-state index in [1.165, 1.54) is 29.5 Å². The third kappa shape index (κ3) is 4.00. The second-order valence-corrected chi connectivity index (χ2v) is 8.91. The molecule has 7 nitrogen and oxygen atoms in total. The zero-order valence-corrected chi connectivity index (χ0v) is 15.7. The van der Waals surface area contributed by atoms with Gasteiger partial charge in [0, 0.05) is 17.1 Å². The summed E-state index contributed by atoms with van der Waals surface area (Å²) in [6.45, 7) is 5.94. The zero-order valence-electron chi connectivity index (χ0n) is 14.1. The van der Waals surface area contributed by atoms with Crippen molar-refractivity contribution in [2.75, 3.05) is 0 Å². The lowest BCUT2D eigenvalue weighted by Gasteiger charge is -2.18. The zero-order chi connectivity index (χ0) is 18.2. The lowest BCUT2D eigenvalue weighted by Crippen LogP contribution is -2.29. The van der Waals surface area contributed by atoms with E-state index in [4.69, 9.17) is 4.42 Å². The van der Waals surface area contributed by atoms with Crippen molar-refractivity contribution in [2.24, 2.45) is 5.92 Å². The van der Waals surface area contributed by atoms with Crippen molar-refractivity contribution in [3.8, 4) is 0 Å². The van der Waals surface area contributed by atoms with E-state index in [0.29, 0.717) is 17.9 Å². The molecule has 3 rings (SSSR count). The van der Waals surface area contributed by atoms with Crippen LogP contribution in [0.5, 0.6) is 0 Å². The maximum atomic E-state index is 12.8. The van der Waals surface area contributed by atoms with Crippen molar-refractivity contribution >= 4 is 32.5 Å². The van der Waals surface area contributed by atoms with E-state index in [9.17, 15) is 13.2 Å². The summed E-state index contributed by atoms with van der Waals surface area (Å²) in [5, 5.41) is 2.64. The fourth-order valence-corrected chi connectivity index (χ4v) is 4.71. The number of rotatable bonds is 6. The highest BCUT2D eigenvalue weighted by Crippen LogP contribution is 2.27. The number of sulfonamides is 1. The minimum Gasteiger partial charge on any atom is -0.408 e. The third-order valence-electron chi connectivity index (χ3n) is 3.64. The summed E-state index contributed by atoms with van der Waals surface area (Å²) < 4.78 is 33.3. The van der Waals surface area contributed by atoms with Gasteiger partial charge in [0.25, 0.3) is 0 Å². The van der Waals surface area contributed by atoms with Crippen LogP contribution in [-0.4, -0.2) is 18.4 Å². The monoisotopic (exact) mass is 381 g/mol. The Hall–Kier alpha value is -1.97. The SMILES string of the molecule is Cc1csc(C(CC(C)C)NS(=O)(=O)c2ccc3[nH]c(=O)oc3c2)n1. The lowest BCUT2D eigenvalue weighted by molar-refractivity contribution is 0.470. The molecule has 0 saturated carbocycles. The molecular weight excluding hydrogens is 362 g/mol. The Morgan fingerprint density at radius 3 is 2.76 bits per heavy atom. The van der Waals surface area contributed by atoms with E-state index in [2.05, 4.69) is 14.7 Å². The Morgan fingerprint density at radius 2 is 2.12 bits per heavy atom. The molecule has 3 aromatic rings. The first-order chi connectivity index (χ1) is 11.7. The number of thiazole rings is 1. The van der Waals surface area contributed by atoms with Crippen LogP contribution in [0, 0.1) is 12.8 Å². The van der Waals surface area contributed by atoms with Crippen LogP contribution in [0.2, 0.25) is 0 Å². The van der Waals surface area contributed by atoms with Crippen molar-refractivity contribution < 1.29 is 12.8 Å². The predicted octanol–water partition coefficient (Wildman–Crippen LogP) is 2.95. The van der Waals surface area contributed by atoms with Gasteiger partial charge in [-0.2, -0.15) is 0 Å². The average Bonchev–Trinajstić information content (AvgIpc) is 3.09. The standard InChI is InChI=1S/C16H19N3O4S2/c1-9(2)6-13(15-17-10(3)8-24-15)19-25(21,22)11-4-5-12-14(7-11)23-16(20)18-12/h4-5,7-9,13,19H,6H2,1-3H3,(H,18,20). The molecule has 0 aliphatic carbocycles. The van der Waals surface area contributed by atoms with Crippen LogP contribution in [0.4, 0.5) is 0 Å². The molecular formula is C16H19N3O4S2. The average molecular weight is 381 g/mol. The molecule has 1 unspecified atom stereocenters. The molecule has 0 bridgehead atoms. The van der Waals surface area contributed by atoms with Gasteiger partial charge < -0.3 is 4.42 Å². The summed E-state index contributed by atoms with van der Waals surface area (Å²) >= 11 is 1.44. The quantitative estimate of drug-likeness (QED) is 0.683. The lowest BCUT2D eigenvalue weighted by atomic mass is 10.1. The van der Waals surface area contributed by atoms with Crippen molar-refractivity contribution in [1.29, 1.82) is 0 Å². The Balaban J connectivity index is 1.94. The first kappa shape index (κ1) is 17.8. The normalized spacial score (nSPS) is 13.6. The van der Waals surface area contributed by atoms with Gasteiger partial charge in [0.15, 0.2) is 5.58 Å². The molecule has 2 N–H and O–H groups in total. The van der Waals surface area contributed by atoms with Gasteiger partial charge in [-0.15, -0.1) is 11.3 Å². The highest BCUT2D eigenvalue weighted by molar-refractivity contribution is 7.89. The molecule has 1 aromatic carbocycles. The second-order valence-electron chi connectivity index (χ2n) is 6.30. The molecule has 0 aliphatic rings. The summed E-state index contributed by atoms with van der Waals surface area (Å²) in [4.78, 5) is 18.2. The summed E-state index contributed by atoms with van der Waals surface area (Å²) in [5.74, 6) is -0.324. The molecule has 2 heterocycles. The van der Waals surface area contributed by atoms with Crippen LogP contribution >= 0.6 is 11.3 Å². The molecule has 25 heavy (non-hydrogen) atoms. The fraction of sp³-hybridized carbons (Fsp3) is 0.375.